The maximum Gasteiger partial charge on any atom is 0.262 e. The molecule has 0 aromatic carbocycles. The first kappa shape index (κ1) is 19.6. The zero-order valence-electron chi connectivity index (χ0n) is 15.5. The average molecular weight is 366 g/mol. The third-order valence-corrected chi connectivity index (χ3v) is 5.05. The lowest BCUT2D eigenvalue weighted by Gasteiger charge is -2.23. The molecule has 0 saturated heterocycles. The number of hydrogen-bond donors (Lipinski definition) is 3. The van der Waals surface area contributed by atoms with Crippen molar-refractivity contribution in [3.63, 3.8) is 0 Å². The molecule has 2 rings (SSSR count). The number of aliphatic hydroxyl groups is 1. The molecule has 0 radical (unpaired) electrons. The van der Waals surface area contributed by atoms with Gasteiger partial charge in [-0.05, 0) is 53.4 Å². The average Bonchev–Trinajstić information content (AvgIpc) is 2.89. The molecule has 0 aliphatic rings. The van der Waals surface area contributed by atoms with E-state index >= 15 is 0 Å². The van der Waals surface area contributed by atoms with E-state index in [0.29, 0.717) is 4.88 Å². The van der Waals surface area contributed by atoms with Crippen LogP contribution in [0.3, 0.4) is 0 Å². The van der Waals surface area contributed by atoms with Gasteiger partial charge in [-0.2, -0.15) is 0 Å². The van der Waals surface area contributed by atoms with E-state index in [0.717, 1.165) is 41.1 Å². The van der Waals surface area contributed by atoms with Crippen molar-refractivity contribution < 1.29 is 9.90 Å². The Balaban J connectivity index is 2.23. The smallest absolute Gasteiger partial charge is 0.262 e. The fourth-order valence-corrected chi connectivity index (χ4v) is 3.47. The summed E-state index contributed by atoms with van der Waals surface area (Å²) < 4.78 is 0. The number of aromatic nitrogens is 2. The number of rotatable bonds is 8. The van der Waals surface area contributed by atoms with Gasteiger partial charge in [-0.3, -0.25) is 4.79 Å². The van der Waals surface area contributed by atoms with Crippen LogP contribution in [0.5, 0.6) is 0 Å². The van der Waals surface area contributed by atoms with Crippen LogP contribution in [0.15, 0.2) is 6.33 Å². The molecule has 25 heavy (non-hydrogen) atoms. The van der Waals surface area contributed by atoms with Crippen molar-refractivity contribution in [3.05, 3.63) is 16.8 Å². The number of hydrogen-bond acceptors (Lipinski definition) is 7. The summed E-state index contributed by atoms with van der Waals surface area (Å²) in [5.74, 6) is 0.566. The van der Waals surface area contributed by atoms with E-state index < -0.39 is 5.54 Å². The van der Waals surface area contributed by atoms with Gasteiger partial charge < -0.3 is 20.6 Å². The van der Waals surface area contributed by atoms with E-state index in [1.807, 2.05) is 21.0 Å². The SMILES string of the molecule is Cc1c(C(=O)NC(C)(C)CO)sc2ncnc(NCCCN(C)C)c12. The molecule has 0 atom stereocenters. The first-order valence-corrected chi connectivity index (χ1v) is 9.13. The molecule has 0 spiro atoms. The fourth-order valence-electron chi connectivity index (χ4n) is 2.43. The van der Waals surface area contributed by atoms with Gasteiger partial charge in [-0.1, -0.05) is 0 Å². The Morgan fingerprint density at radius 1 is 1.36 bits per heavy atom. The molecule has 2 aromatic heterocycles. The third kappa shape index (κ3) is 4.87. The molecule has 0 aliphatic carbocycles. The topological polar surface area (TPSA) is 90.4 Å². The van der Waals surface area contributed by atoms with E-state index in [4.69, 9.17) is 0 Å². The summed E-state index contributed by atoms with van der Waals surface area (Å²) in [5, 5.41) is 16.5. The quantitative estimate of drug-likeness (QED) is 0.619. The Bertz CT molecular complexity index is 742. The number of thiophene rings is 1. The molecule has 2 aromatic rings. The Hall–Kier alpha value is -1.77. The summed E-state index contributed by atoms with van der Waals surface area (Å²) in [6.07, 6.45) is 2.52. The number of nitrogens with zero attached hydrogens (tertiary/aromatic N) is 3. The van der Waals surface area contributed by atoms with E-state index in [1.165, 1.54) is 17.7 Å². The molecule has 7 nitrogen and oxygen atoms in total. The zero-order chi connectivity index (χ0) is 18.6. The van der Waals surface area contributed by atoms with Gasteiger partial charge in [0.1, 0.15) is 17.0 Å². The summed E-state index contributed by atoms with van der Waals surface area (Å²) in [5.41, 5.74) is 0.195. The first-order chi connectivity index (χ1) is 11.7. The summed E-state index contributed by atoms with van der Waals surface area (Å²) in [6.45, 7) is 7.15. The van der Waals surface area contributed by atoms with Gasteiger partial charge in [-0.25, -0.2) is 9.97 Å². The normalized spacial score (nSPS) is 12.0. The number of amides is 1. The van der Waals surface area contributed by atoms with Crippen molar-refractivity contribution in [1.29, 1.82) is 0 Å². The molecule has 0 aliphatic heterocycles. The fraction of sp³-hybridized carbons (Fsp3) is 0.588. The minimum Gasteiger partial charge on any atom is -0.394 e. The first-order valence-electron chi connectivity index (χ1n) is 8.31. The van der Waals surface area contributed by atoms with Crippen LogP contribution in [0.4, 0.5) is 5.82 Å². The lowest BCUT2D eigenvalue weighted by atomic mass is 10.1. The van der Waals surface area contributed by atoms with Crippen LogP contribution >= 0.6 is 11.3 Å². The minimum absolute atomic E-state index is 0.124. The highest BCUT2D eigenvalue weighted by Crippen LogP contribution is 2.33. The molecule has 0 fully saturated rings. The Morgan fingerprint density at radius 2 is 2.08 bits per heavy atom. The Kier molecular flexibility index (Phi) is 6.31. The maximum atomic E-state index is 12.6. The largest absolute Gasteiger partial charge is 0.394 e. The number of aliphatic hydroxyl groups excluding tert-OH is 1. The van der Waals surface area contributed by atoms with Crippen molar-refractivity contribution in [2.24, 2.45) is 0 Å². The van der Waals surface area contributed by atoms with Gasteiger partial charge >= 0.3 is 0 Å². The summed E-state index contributed by atoms with van der Waals surface area (Å²) >= 11 is 1.35. The van der Waals surface area contributed by atoms with Gasteiger partial charge in [0.25, 0.3) is 5.91 Å². The zero-order valence-corrected chi connectivity index (χ0v) is 16.3. The second-order valence-corrected chi connectivity index (χ2v) is 8.04. The minimum atomic E-state index is -0.668. The van der Waals surface area contributed by atoms with E-state index in [1.54, 1.807) is 13.8 Å². The molecule has 0 unspecified atom stereocenters. The number of nitrogens with one attached hydrogen (secondary N) is 2. The lowest BCUT2D eigenvalue weighted by Crippen LogP contribution is -2.46. The predicted octanol–water partition coefficient (Wildman–Crippen LogP) is 1.86. The van der Waals surface area contributed by atoms with Crippen molar-refractivity contribution in [1.82, 2.24) is 20.2 Å². The molecule has 138 valence electrons. The van der Waals surface area contributed by atoms with Crippen LogP contribution in [0.25, 0.3) is 10.2 Å². The van der Waals surface area contributed by atoms with Crippen molar-refractivity contribution in [2.75, 3.05) is 39.1 Å². The van der Waals surface area contributed by atoms with Gasteiger partial charge in [0, 0.05) is 6.54 Å². The molecular weight excluding hydrogens is 338 g/mol. The van der Waals surface area contributed by atoms with Gasteiger partial charge in [0.15, 0.2) is 0 Å². The third-order valence-electron chi connectivity index (χ3n) is 3.85. The molecular formula is C17H27N5O2S. The van der Waals surface area contributed by atoms with Crippen molar-refractivity contribution in [2.45, 2.75) is 32.7 Å². The highest BCUT2D eigenvalue weighted by molar-refractivity contribution is 7.20. The van der Waals surface area contributed by atoms with Crippen LogP contribution in [0, 0.1) is 6.92 Å². The maximum absolute atomic E-state index is 12.6. The lowest BCUT2D eigenvalue weighted by molar-refractivity contribution is 0.0873. The van der Waals surface area contributed by atoms with Gasteiger partial charge in [-0.15, -0.1) is 11.3 Å². The second-order valence-electron chi connectivity index (χ2n) is 7.04. The number of carbonyl (C=O) groups is 1. The number of fused-ring (bicyclic) bond motifs is 1. The van der Waals surface area contributed by atoms with Crippen LogP contribution < -0.4 is 10.6 Å². The predicted molar refractivity (Wildman–Crippen MR) is 102 cm³/mol. The molecule has 8 heteroatoms. The summed E-state index contributed by atoms with van der Waals surface area (Å²) in [4.78, 5) is 24.8. The molecule has 2 heterocycles. The van der Waals surface area contributed by atoms with Crippen LogP contribution in [-0.4, -0.2) is 65.2 Å². The number of aryl methyl sites for hydroxylation is 1. The van der Waals surface area contributed by atoms with Crippen molar-refractivity contribution >= 4 is 33.3 Å². The Morgan fingerprint density at radius 3 is 2.72 bits per heavy atom. The molecule has 0 bridgehead atoms. The second kappa shape index (κ2) is 8.07. The Labute approximate surface area is 152 Å². The van der Waals surface area contributed by atoms with E-state index in [-0.39, 0.29) is 12.5 Å². The summed E-state index contributed by atoms with van der Waals surface area (Å²) in [7, 11) is 4.09. The van der Waals surface area contributed by atoms with Crippen LogP contribution in [0.2, 0.25) is 0 Å². The number of carbonyl (C=O) groups excluding carboxylic acids is 1. The highest BCUT2D eigenvalue weighted by Gasteiger charge is 2.24. The molecule has 1 amide bonds. The standard InChI is InChI=1S/C17H27N5O2S/c1-11-12-14(18-7-6-8-22(4)5)19-10-20-16(12)25-13(11)15(24)21-17(2,3)9-23/h10,23H,6-9H2,1-5H3,(H,21,24)(H,18,19,20). The van der Waals surface area contributed by atoms with E-state index in [2.05, 4.69) is 25.5 Å². The molecule has 3 N–H and O–H groups in total. The number of anilines is 1. The van der Waals surface area contributed by atoms with Gasteiger partial charge in [0.05, 0.1) is 22.4 Å². The highest BCUT2D eigenvalue weighted by atomic mass is 32.1. The van der Waals surface area contributed by atoms with E-state index in [9.17, 15) is 9.90 Å². The summed E-state index contributed by atoms with van der Waals surface area (Å²) in [6, 6.07) is 0. The monoisotopic (exact) mass is 365 g/mol. The van der Waals surface area contributed by atoms with Crippen LogP contribution in [-0.2, 0) is 0 Å². The molecule has 0 saturated carbocycles. The van der Waals surface area contributed by atoms with Gasteiger partial charge in [0.2, 0.25) is 0 Å². The van der Waals surface area contributed by atoms with Crippen LogP contribution in [0.1, 0.15) is 35.5 Å². The van der Waals surface area contributed by atoms with Crippen molar-refractivity contribution in [3.8, 4) is 0 Å².